The Labute approximate surface area is 198 Å². The average Bonchev–Trinajstić information content (AvgIpc) is 3.23. The van der Waals surface area contributed by atoms with Gasteiger partial charge in [-0.1, -0.05) is 17.7 Å². The number of rotatable bonds is 5. The third-order valence-corrected chi connectivity index (χ3v) is 6.40. The average molecular weight is 466 g/mol. The lowest BCUT2D eigenvalue weighted by Gasteiger charge is -2.29. The van der Waals surface area contributed by atoms with Gasteiger partial charge in [0.1, 0.15) is 5.75 Å². The van der Waals surface area contributed by atoms with Crippen LogP contribution in [0.15, 0.2) is 36.4 Å². The van der Waals surface area contributed by atoms with Crippen LogP contribution in [0, 0.1) is 6.92 Å². The first kappa shape index (κ1) is 22.1. The van der Waals surface area contributed by atoms with Gasteiger partial charge in [0.05, 0.1) is 34.0 Å². The van der Waals surface area contributed by atoms with Crippen LogP contribution in [0.2, 0.25) is 5.02 Å². The van der Waals surface area contributed by atoms with Gasteiger partial charge in [-0.05, 0) is 69.5 Å². The van der Waals surface area contributed by atoms with Crippen molar-refractivity contribution in [1.29, 1.82) is 0 Å². The summed E-state index contributed by atoms with van der Waals surface area (Å²) in [5.41, 5.74) is 5.30. The molecule has 2 aromatic carbocycles. The summed E-state index contributed by atoms with van der Waals surface area (Å²) < 4.78 is 7.93. The van der Waals surface area contributed by atoms with E-state index in [1.165, 1.54) is 5.56 Å². The fourth-order valence-corrected chi connectivity index (χ4v) is 4.65. The Bertz CT molecular complexity index is 1310. The molecule has 0 saturated carbocycles. The van der Waals surface area contributed by atoms with Crippen LogP contribution in [-0.2, 0) is 6.54 Å². The summed E-state index contributed by atoms with van der Waals surface area (Å²) in [6.07, 6.45) is 1.52. The molecule has 8 heteroatoms. The highest BCUT2D eigenvalue weighted by atomic mass is 35.5. The van der Waals surface area contributed by atoms with Gasteiger partial charge in [-0.15, -0.1) is 10.2 Å². The van der Waals surface area contributed by atoms with Crippen molar-refractivity contribution in [3.05, 3.63) is 52.7 Å². The highest BCUT2D eigenvalue weighted by Gasteiger charge is 2.20. The van der Waals surface area contributed by atoms with E-state index in [0.717, 1.165) is 60.5 Å². The number of ether oxygens (including phenoxy) is 1. The molecule has 0 atom stereocenters. The molecule has 7 nitrogen and oxygen atoms in total. The van der Waals surface area contributed by atoms with Crippen molar-refractivity contribution in [2.24, 2.45) is 0 Å². The Morgan fingerprint density at radius 2 is 1.91 bits per heavy atom. The van der Waals surface area contributed by atoms with Crippen molar-refractivity contribution in [3.8, 4) is 17.1 Å². The Hall–Kier alpha value is -2.74. The van der Waals surface area contributed by atoms with E-state index in [1.807, 2.05) is 43.4 Å². The number of aliphatic hydroxyl groups is 1. The molecule has 4 aromatic rings. The van der Waals surface area contributed by atoms with Gasteiger partial charge in [-0.25, -0.2) is 4.98 Å². The topological polar surface area (TPSA) is 75.8 Å². The zero-order valence-electron chi connectivity index (χ0n) is 19.1. The number of hydrogen-bond donors (Lipinski definition) is 1. The number of aryl methyl sites for hydroxylation is 1. The fraction of sp³-hybridized carbons (Fsp3) is 0.400. The lowest BCUT2D eigenvalue weighted by Crippen LogP contribution is -2.35. The summed E-state index contributed by atoms with van der Waals surface area (Å²) in [6.45, 7) is 8.56. The molecule has 0 aliphatic carbocycles. The van der Waals surface area contributed by atoms with E-state index in [1.54, 1.807) is 0 Å². The Kier molecular flexibility index (Phi) is 5.95. The van der Waals surface area contributed by atoms with Crippen LogP contribution in [-0.4, -0.2) is 54.9 Å². The van der Waals surface area contributed by atoms with Crippen LogP contribution in [0.4, 0.5) is 0 Å². The summed E-state index contributed by atoms with van der Waals surface area (Å²) in [6, 6.07) is 12.0. The van der Waals surface area contributed by atoms with Crippen molar-refractivity contribution in [2.45, 2.75) is 52.4 Å². The zero-order valence-corrected chi connectivity index (χ0v) is 19.9. The normalized spacial score (nSPS) is 15.7. The van der Waals surface area contributed by atoms with E-state index in [2.05, 4.69) is 33.3 Å². The number of nitrogens with zero attached hydrogens (tertiary/aromatic N) is 5. The standard InChI is InChI=1S/C25H28ClN5O2/c1-15(2)33-19-5-6-21(26)20(13-19)25-29-28-24-16(3)27-22-7-4-17(12-23(22)31(24)25)14-30-10-8-18(32)9-11-30/h4-7,12-13,15,18,32H,8-11,14H2,1-3H3. The van der Waals surface area contributed by atoms with E-state index < -0.39 is 0 Å². The summed E-state index contributed by atoms with van der Waals surface area (Å²) in [5.74, 6) is 1.40. The van der Waals surface area contributed by atoms with Gasteiger partial charge in [0.25, 0.3) is 0 Å². The Morgan fingerprint density at radius 3 is 2.67 bits per heavy atom. The van der Waals surface area contributed by atoms with Crippen molar-refractivity contribution in [3.63, 3.8) is 0 Å². The van der Waals surface area contributed by atoms with E-state index in [0.29, 0.717) is 16.5 Å². The Balaban J connectivity index is 1.62. The smallest absolute Gasteiger partial charge is 0.183 e. The highest BCUT2D eigenvalue weighted by Crippen LogP contribution is 2.33. The van der Waals surface area contributed by atoms with E-state index in [9.17, 15) is 5.11 Å². The number of aromatic nitrogens is 4. The quantitative estimate of drug-likeness (QED) is 0.462. The Morgan fingerprint density at radius 1 is 1.12 bits per heavy atom. The lowest BCUT2D eigenvalue weighted by atomic mass is 10.1. The number of benzene rings is 2. The molecule has 33 heavy (non-hydrogen) atoms. The molecule has 5 rings (SSSR count). The number of likely N-dealkylation sites (tertiary alicyclic amines) is 1. The molecule has 1 saturated heterocycles. The molecule has 0 spiro atoms. The highest BCUT2D eigenvalue weighted by molar-refractivity contribution is 6.33. The zero-order chi connectivity index (χ0) is 23.1. The van der Waals surface area contributed by atoms with Gasteiger partial charge < -0.3 is 9.84 Å². The molecule has 3 heterocycles. The van der Waals surface area contributed by atoms with Gasteiger partial charge in [-0.3, -0.25) is 9.30 Å². The van der Waals surface area contributed by atoms with Crippen LogP contribution < -0.4 is 4.74 Å². The maximum Gasteiger partial charge on any atom is 0.183 e. The number of hydrogen-bond acceptors (Lipinski definition) is 6. The summed E-state index contributed by atoms with van der Waals surface area (Å²) in [7, 11) is 0. The SMILES string of the molecule is Cc1nc2ccc(CN3CCC(O)CC3)cc2n2c(-c3cc(OC(C)C)ccc3Cl)nnc12. The second-order valence-corrected chi connectivity index (χ2v) is 9.43. The van der Waals surface area contributed by atoms with E-state index in [-0.39, 0.29) is 12.2 Å². The minimum atomic E-state index is -0.176. The maximum absolute atomic E-state index is 9.81. The lowest BCUT2D eigenvalue weighted by molar-refractivity contribution is 0.0792. The number of fused-ring (bicyclic) bond motifs is 3. The van der Waals surface area contributed by atoms with Crippen molar-refractivity contribution in [2.75, 3.05) is 13.1 Å². The molecule has 0 amide bonds. The molecule has 0 unspecified atom stereocenters. The first-order chi connectivity index (χ1) is 15.9. The van der Waals surface area contributed by atoms with Crippen molar-refractivity contribution in [1.82, 2.24) is 24.5 Å². The predicted octanol–water partition coefficient (Wildman–Crippen LogP) is 4.65. The summed E-state index contributed by atoms with van der Waals surface area (Å²) in [4.78, 5) is 7.14. The molecule has 1 fully saturated rings. The molecule has 0 radical (unpaired) electrons. The predicted molar refractivity (Wildman–Crippen MR) is 130 cm³/mol. The van der Waals surface area contributed by atoms with Gasteiger partial charge in [0.2, 0.25) is 0 Å². The summed E-state index contributed by atoms with van der Waals surface area (Å²) >= 11 is 6.61. The van der Waals surface area contributed by atoms with E-state index in [4.69, 9.17) is 21.3 Å². The van der Waals surface area contributed by atoms with Crippen LogP contribution in [0.1, 0.15) is 37.9 Å². The maximum atomic E-state index is 9.81. The number of aliphatic hydroxyl groups excluding tert-OH is 1. The molecule has 1 N–H and O–H groups in total. The summed E-state index contributed by atoms with van der Waals surface area (Å²) in [5, 5.41) is 19.3. The van der Waals surface area contributed by atoms with Crippen LogP contribution >= 0.6 is 11.6 Å². The van der Waals surface area contributed by atoms with Crippen LogP contribution in [0.25, 0.3) is 28.1 Å². The van der Waals surface area contributed by atoms with Gasteiger partial charge in [0.15, 0.2) is 11.5 Å². The minimum absolute atomic E-state index is 0.0555. The number of halogens is 1. The third kappa shape index (κ3) is 4.40. The van der Waals surface area contributed by atoms with E-state index >= 15 is 0 Å². The molecule has 0 bridgehead atoms. The monoisotopic (exact) mass is 465 g/mol. The van der Waals surface area contributed by atoms with Crippen LogP contribution in [0.3, 0.4) is 0 Å². The first-order valence-electron chi connectivity index (χ1n) is 11.4. The molecule has 1 aliphatic rings. The minimum Gasteiger partial charge on any atom is -0.491 e. The van der Waals surface area contributed by atoms with Gasteiger partial charge >= 0.3 is 0 Å². The fourth-order valence-electron chi connectivity index (χ4n) is 4.45. The third-order valence-electron chi connectivity index (χ3n) is 6.07. The van der Waals surface area contributed by atoms with Gasteiger partial charge in [0, 0.05) is 25.2 Å². The van der Waals surface area contributed by atoms with Gasteiger partial charge in [-0.2, -0.15) is 0 Å². The molecule has 2 aromatic heterocycles. The molecule has 172 valence electrons. The largest absolute Gasteiger partial charge is 0.491 e. The molecule has 1 aliphatic heterocycles. The second-order valence-electron chi connectivity index (χ2n) is 9.02. The van der Waals surface area contributed by atoms with Crippen molar-refractivity contribution >= 4 is 28.3 Å². The van der Waals surface area contributed by atoms with Crippen molar-refractivity contribution < 1.29 is 9.84 Å². The first-order valence-corrected chi connectivity index (χ1v) is 11.8. The van der Waals surface area contributed by atoms with Crippen LogP contribution in [0.5, 0.6) is 5.75 Å². The second kappa shape index (κ2) is 8.89. The molecular formula is C25H28ClN5O2. The number of piperidine rings is 1. The molecular weight excluding hydrogens is 438 g/mol.